The number of carbonyl (C=O) groups excluding carboxylic acids is 1. The maximum Gasteiger partial charge on any atom is 0.220 e. The molecule has 0 unspecified atom stereocenters. The van der Waals surface area contributed by atoms with E-state index >= 15 is 0 Å². The van der Waals surface area contributed by atoms with E-state index < -0.39 is 0 Å². The summed E-state index contributed by atoms with van der Waals surface area (Å²) < 4.78 is 19.3. The third kappa shape index (κ3) is 7.26. The summed E-state index contributed by atoms with van der Waals surface area (Å²) in [5.41, 5.74) is 2.04. The van der Waals surface area contributed by atoms with Crippen molar-refractivity contribution in [2.45, 2.75) is 31.8 Å². The first-order chi connectivity index (χ1) is 17.1. The van der Waals surface area contributed by atoms with E-state index in [0.717, 1.165) is 58.7 Å². The molecule has 190 valence electrons. The van der Waals surface area contributed by atoms with Gasteiger partial charge in [-0.2, -0.15) is 0 Å². The Morgan fingerprint density at radius 3 is 2.51 bits per heavy atom. The zero-order valence-electron chi connectivity index (χ0n) is 20.9. The van der Waals surface area contributed by atoms with E-state index in [4.69, 9.17) is 4.74 Å². The van der Waals surface area contributed by atoms with Gasteiger partial charge in [0.2, 0.25) is 5.91 Å². The summed E-state index contributed by atoms with van der Waals surface area (Å²) in [5.74, 6) is 0.388. The fourth-order valence-electron chi connectivity index (χ4n) is 5.54. The Labute approximate surface area is 209 Å². The Morgan fingerprint density at radius 2 is 1.77 bits per heavy atom. The molecule has 0 spiro atoms. The lowest BCUT2D eigenvalue weighted by Crippen LogP contribution is -2.56. The molecular weight excluding hydrogens is 443 g/mol. The van der Waals surface area contributed by atoms with Gasteiger partial charge >= 0.3 is 0 Å². The number of benzene rings is 2. The molecule has 2 saturated heterocycles. The Kier molecular flexibility index (Phi) is 9.51. The topological polar surface area (TPSA) is 48.1 Å². The first-order valence-electron chi connectivity index (χ1n) is 12.9. The molecule has 4 rings (SSSR count). The van der Waals surface area contributed by atoms with Gasteiger partial charge in [-0.3, -0.25) is 14.6 Å². The molecule has 1 N–H and O–H groups in total. The van der Waals surface area contributed by atoms with Crippen LogP contribution in [-0.4, -0.2) is 81.3 Å². The predicted octanol–water partition coefficient (Wildman–Crippen LogP) is 3.38. The normalized spacial score (nSPS) is 21.7. The summed E-state index contributed by atoms with van der Waals surface area (Å²) in [5, 5.41) is 2.96. The van der Waals surface area contributed by atoms with Crippen LogP contribution in [0.4, 0.5) is 10.1 Å². The number of amides is 1. The van der Waals surface area contributed by atoms with Crippen LogP contribution in [0, 0.1) is 11.7 Å². The molecule has 2 fully saturated rings. The highest BCUT2D eigenvalue weighted by molar-refractivity contribution is 5.75. The van der Waals surface area contributed by atoms with E-state index in [1.54, 1.807) is 13.2 Å². The van der Waals surface area contributed by atoms with E-state index in [-0.39, 0.29) is 11.7 Å². The molecule has 2 atom stereocenters. The lowest BCUT2D eigenvalue weighted by atomic mass is 9.86. The molecular formula is C28H39FN4O2. The van der Waals surface area contributed by atoms with Crippen molar-refractivity contribution < 1.29 is 13.9 Å². The minimum absolute atomic E-state index is 0.102. The van der Waals surface area contributed by atoms with Crippen LogP contribution in [-0.2, 0) is 16.1 Å². The zero-order valence-corrected chi connectivity index (χ0v) is 20.9. The van der Waals surface area contributed by atoms with E-state index in [9.17, 15) is 9.18 Å². The molecule has 0 aliphatic carbocycles. The van der Waals surface area contributed by atoms with Gasteiger partial charge in [-0.1, -0.05) is 42.5 Å². The largest absolute Gasteiger partial charge is 0.383 e. The van der Waals surface area contributed by atoms with Crippen LogP contribution in [0.3, 0.4) is 0 Å². The molecule has 2 aromatic rings. The summed E-state index contributed by atoms with van der Waals surface area (Å²) in [4.78, 5) is 19.7. The molecule has 0 bridgehead atoms. The highest BCUT2D eigenvalue weighted by Crippen LogP contribution is 2.29. The number of likely N-dealkylation sites (tertiary alicyclic amines) is 1. The summed E-state index contributed by atoms with van der Waals surface area (Å²) in [7, 11) is 1.64. The average Bonchev–Trinajstić information content (AvgIpc) is 2.89. The number of methoxy groups -OCH3 is 1. The summed E-state index contributed by atoms with van der Waals surface area (Å²) in [6, 6.07) is 18.1. The molecule has 6 nitrogen and oxygen atoms in total. The van der Waals surface area contributed by atoms with Gasteiger partial charge in [0.05, 0.1) is 12.3 Å². The van der Waals surface area contributed by atoms with Crippen molar-refractivity contribution in [2.24, 2.45) is 5.92 Å². The summed E-state index contributed by atoms with van der Waals surface area (Å²) in [6.45, 7) is 7.61. The number of anilines is 1. The monoisotopic (exact) mass is 482 g/mol. The van der Waals surface area contributed by atoms with Crippen molar-refractivity contribution in [3.63, 3.8) is 0 Å². The van der Waals surface area contributed by atoms with E-state index in [2.05, 4.69) is 50.3 Å². The Bertz CT molecular complexity index is 920. The Hall–Kier alpha value is -2.48. The van der Waals surface area contributed by atoms with Crippen LogP contribution >= 0.6 is 0 Å². The Morgan fingerprint density at radius 1 is 1.03 bits per heavy atom. The third-order valence-corrected chi connectivity index (χ3v) is 7.37. The van der Waals surface area contributed by atoms with Crippen LogP contribution in [0.2, 0.25) is 0 Å². The van der Waals surface area contributed by atoms with Crippen molar-refractivity contribution in [1.29, 1.82) is 0 Å². The number of para-hydroxylation sites is 1. The highest BCUT2D eigenvalue weighted by Gasteiger charge is 2.35. The SMILES string of the molecule is COCCNC(=O)CC[C@H]1CN(Cc2ccccc2)CC[C@H]1N1CCN(c2ccccc2F)CC1. The van der Waals surface area contributed by atoms with Crippen molar-refractivity contribution >= 4 is 11.6 Å². The first kappa shape index (κ1) is 25.6. The van der Waals surface area contributed by atoms with Crippen LogP contribution in [0.5, 0.6) is 0 Å². The molecule has 0 aromatic heterocycles. The molecule has 1 amide bonds. The number of rotatable bonds is 10. The minimum atomic E-state index is -0.146. The van der Waals surface area contributed by atoms with E-state index in [0.29, 0.717) is 37.2 Å². The molecule has 2 aliphatic heterocycles. The first-order valence-corrected chi connectivity index (χ1v) is 12.9. The standard InChI is InChI=1S/C28H39FN4O2/c1-35-20-14-30-28(34)12-11-24-22-31(21-23-7-3-2-4-8-23)15-13-26(24)32-16-18-33(19-17-32)27-10-6-5-9-25(27)29/h2-10,24,26H,11-22H2,1H3,(H,30,34)/t24-,26+/m0/s1. The van der Waals surface area contributed by atoms with Gasteiger partial charge in [-0.25, -0.2) is 4.39 Å². The van der Waals surface area contributed by atoms with Crippen LogP contribution in [0.1, 0.15) is 24.8 Å². The van der Waals surface area contributed by atoms with Crippen molar-refractivity contribution in [3.8, 4) is 0 Å². The molecule has 0 saturated carbocycles. The molecule has 2 aliphatic rings. The number of hydrogen-bond donors (Lipinski definition) is 1. The van der Waals surface area contributed by atoms with Gasteiger partial charge < -0.3 is 15.0 Å². The quantitative estimate of drug-likeness (QED) is 0.526. The second-order valence-electron chi connectivity index (χ2n) is 9.69. The smallest absolute Gasteiger partial charge is 0.220 e. The second-order valence-corrected chi connectivity index (χ2v) is 9.69. The van der Waals surface area contributed by atoms with E-state index in [1.807, 2.05) is 12.1 Å². The number of ether oxygens (including phenoxy) is 1. The fraction of sp³-hybridized carbons (Fsp3) is 0.536. The number of hydrogen-bond acceptors (Lipinski definition) is 5. The van der Waals surface area contributed by atoms with Gasteiger partial charge in [0, 0.05) is 65.4 Å². The lowest BCUT2D eigenvalue weighted by molar-refractivity contribution is -0.121. The van der Waals surface area contributed by atoms with Crippen molar-refractivity contribution in [1.82, 2.24) is 15.1 Å². The molecule has 0 radical (unpaired) electrons. The number of nitrogens with zero attached hydrogens (tertiary/aromatic N) is 3. The Balaban J connectivity index is 1.36. The van der Waals surface area contributed by atoms with Crippen molar-refractivity contribution in [2.75, 3.05) is 64.4 Å². The second kappa shape index (κ2) is 13.0. The van der Waals surface area contributed by atoms with Gasteiger partial charge in [0.15, 0.2) is 0 Å². The number of halogens is 1. The minimum Gasteiger partial charge on any atom is -0.383 e. The number of piperazine rings is 1. The molecule has 2 aromatic carbocycles. The molecule has 2 heterocycles. The van der Waals surface area contributed by atoms with Crippen LogP contribution in [0.25, 0.3) is 0 Å². The maximum atomic E-state index is 14.3. The van der Waals surface area contributed by atoms with Crippen LogP contribution < -0.4 is 10.2 Å². The lowest BCUT2D eigenvalue weighted by Gasteiger charge is -2.47. The molecule has 7 heteroatoms. The maximum absolute atomic E-state index is 14.3. The van der Waals surface area contributed by atoms with Gasteiger partial charge in [0.1, 0.15) is 5.82 Å². The van der Waals surface area contributed by atoms with Gasteiger partial charge in [0.25, 0.3) is 0 Å². The number of piperidine rings is 1. The summed E-state index contributed by atoms with van der Waals surface area (Å²) in [6.07, 6.45) is 2.52. The van der Waals surface area contributed by atoms with Gasteiger partial charge in [-0.15, -0.1) is 0 Å². The average molecular weight is 483 g/mol. The van der Waals surface area contributed by atoms with Gasteiger partial charge in [-0.05, 0) is 43.0 Å². The number of carbonyl (C=O) groups is 1. The van der Waals surface area contributed by atoms with E-state index in [1.165, 1.54) is 11.6 Å². The number of nitrogens with one attached hydrogen (secondary N) is 1. The summed E-state index contributed by atoms with van der Waals surface area (Å²) >= 11 is 0. The fourth-order valence-corrected chi connectivity index (χ4v) is 5.54. The zero-order chi connectivity index (χ0) is 24.5. The highest BCUT2D eigenvalue weighted by atomic mass is 19.1. The van der Waals surface area contributed by atoms with Crippen molar-refractivity contribution in [3.05, 3.63) is 66.0 Å². The predicted molar refractivity (Wildman–Crippen MR) is 138 cm³/mol. The molecule has 35 heavy (non-hydrogen) atoms. The van der Waals surface area contributed by atoms with Crippen LogP contribution in [0.15, 0.2) is 54.6 Å². The third-order valence-electron chi connectivity index (χ3n) is 7.37.